The monoisotopic (exact) mass is 370 g/mol. The Hall–Kier alpha value is -2.41. The molecule has 1 spiro atoms. The molecule has 1 aromatic carbocycles. The van der Waals surface area contributed by atoms with Gasteiger partial charge in [0, 0.05) is 33.2 Å². The highest BCUT2D eigenvalue weighted by atomic mass is 16.2. The molecule has 0 saturated carbocycles. The summed E-state index contributed by atoms with van der Waals surface area (Å²) in [5.74, 6) is -0.0405. The average Bonchev–Trinajstić information content (AvgIpc) is 3.26. The largest absolute Gasteiger partial charge is 0.341 e. The van der Waals surface area contributed by atoms with Crippen LogP contribution < -0.4 is 5.32 Å². The molecule has 0 bridgehead atoms. The second kappa shape index (κ2) is 6.64. The van der Waals surface area contributed by atoms with Crippen molar-refractivity contribution >= 4 is 17.8 Å². The number of amides is 4. The Morgan fingerprint density at radius 1 is 1.07 bits per heavy atom. The third kappa shape index (κ3) is 2.81. The molecule has 0 aliphatic carbocycles. The molecule has 7 nitrogen and oxygen atoms in total. The summed E-state index contributed by atoms with van der Waals surface area (Å²) in [5, 5.41) is 3.47. The smallest absolute Gasteiger partial charge is 0.327 e. The highest BCUT2D eigenvalue weighted by molar-refractivity contribution is 6.06. The summed E-state index contributed by atoms with van der Waals surface area (Å²) in [6.07, 6.45) is 2.76. The van der Waals surface area contributed by atoms with E-state index in [-0.39, 0.29) is 29.9 Å². The van der Waals surface area contributed by atoms with Crippen LogP contribution in [0, 0.1) is 0 Å². The van der Waals surface area contributed by atoms with Gasteiger partial charge in [-0.15, -0.1) is 0 Å². The maximum absolute atomic E-state index is 13.0. The number of urea groups is 1. The number of carbonyl (C=O) groups excluding carboxylic acids is 3. The Morgan fingerprint density at radius 2 is 1.74 bits per heavy atom. The second-order valence-electron chi connectivity index (χ2n) is 7.82. The molecule has 3 fully saturated rings. The molecule has 4 amide bonds. The first kappa shape index (κ1) is 18.0. The molecule has 144 valence electrons. The lowest BCUT2D eigenvalue weighted by atomic mass is 9.86. The Labute approximate surface area is 159 Å². The maximum Gasteiger partial charge on any atom is 0.327 e. The highest BCUT2D eigenvalue weighted by Gasteiger charge is 2.55. The van der Waals surface area contributed by atoms with Crippen molar-refractivity contribution in [3.63, 3.8) is 0 Å². The van der Waals surface area contributed by atoms with Crippen LogP contribution in [0.2, 0.25) is 0 Å². The van der Waals surface area contributed by atoms with Gasteiger partial charge in [-0.2, -0.15) is 0 Å². The fourth-order valence-electron chi connectivity index (χ4n) is 4.70. The van der Waals surface area contributed by atoms with Crippen LogP contribution >= 0.6 is 0 Å². The fourth-order valence-corrected chi connectivity index (χ4v) is 4.70. The zero-order chi connectivity index (χ0) is 19.2. The van der Waals surface area contributed by atoms with Crippen molar-refractivity contribution in [1.29, 1.82) is 0 Å². The van der Waals surface area contributed by atoms with Crippen LogP contribution in [-0.4, -0.2) is 71.3 Å². The van der Waals surface area contributed by atoms with E-state index < -0.39 is 5.54 Å². The van der Waals surface area contributed by atoms with Crippen molar-refractivity contribution in [3.05, 3.63) is 35.9 Å². The Balaban J connectivity index is 1.38. The molecule has 0 aromatic heterocycles. The lowest BCUT2D eigenvalue weighted by Gasteiger charge is -2.41. The topological polar surface area (TPSA) is 73.0 Å². The number of hydrogen-bond donors (Lipinski definition) is 1. The van der Waals surface area contributed by atoms with Gasteiger partial charge in [-0.25, -0.2) is 4.79 Å². The summed E-state index contributed by atoms with van der Waals surface area (Å²) < 4.78 is 0. The SMILES string of the molecule is CN1C(=O)N(C)C2(CCN(C(=O)[C@H]3CC[C@H](c4ccccc4)N3)CC2)C1=O. The minimum atomic E-state index is -0.779. The third-order valence-corrected chi connectivity index (χ3v) is 6.47. The number of likely N-dealkylation sites (N-methyl/N-ethyl adjacent to an activating group) is 2. The summed E-state index contributed by atoms with van der Waals surface area (Å²) in [5.41, 5.74) is 0.434. The van der Waals surface area contributed by atoms with E-state index in [4.69, 9.17) is 0 Å². The maximum atomic E-state index is 13.0. The third-order valence-electron chi connectivity index (χ3n) is 6.47. The molecule has 1 N–H and O–H groups in total. The Bertz CT molecular complexity index is 758. The summed E-state index contributed by atoms with van der Waals surface area (Å²) in [6.45, 7) is 1.01. The van der Waals surface area contributed by atoms with Crippen molar-refractivity contribution in [1.82, 2.24) is 20.0 Å². The zero-order valence-corrected chi connectivity index (χ0v) is 15.9. The summed E-state index contributed by atoms with van der Waals surface area (Å²) in [6, 6.07) is 9.98. The molecule has 3 heterocycles. The van der Waals surface area contributed by atoms with E-state index in [0.717, 1.165) is 12.8 Å². The van der Waals surface area contributed by atoms with Crippen molar-refractivity contribution in [2.45, 2.75) is 43.3 Å². The number of carbonyl (C=O) groups is 3. The molecule has 1 aromatic rings. The minimum Gasteiger partial charge on any atom is -0.341 e. The van der Waals surface area contributed by atoms with Gasteiger partial charge >= 0.3 is 6.03 Å². The Morgan fingerprint density at radius 3 is 2.33 bits per heavy atom. The second-order valence-corrected chi connectivity index (χ2v) is 7.82. The number of nitrogens with one attached hydrogen (secondary N) is 1. The van der Waals surface area contributed by atoms with Gasteiger partial charge in [0.15, 0.2) is 0 Å². The van der Waals surface area contributed by atoms with Crippen molar-refractivity contribution < 1.29 is 14.4 Å². The molecule has 4 rings (SSSR count). The molecule has 7 heteroatoms. The van der Waals surface area contributed by atoms with Gasteiger partial charge in [0.25, 0.3) is 5.91 Å². The normalized spacial score (nSPS) is 27.7. The van der Waals surface area contributed by atoms with E-state index in [1.54, 1.807) is 11.9 Å². The number of rotatable bonds is 2. The van der Waals surface area contributed by atoms with E-state index in [1.807, 2.05) is 23.1 Å². The van der Waals surface area contributed by atoms with Gasteiger partial charge in [0.1, 0.15) is 5.54 Å². The zero-order valence-electron chi connectivity index (χ0n) is 15.9. The van der Waals surface area contributed by atoms with Gasteiger partial charge < -0.3 is 9.80 Å². The predicted octanol–water partition coefficient (Wildman–Crippen LogP) is 1.36. The average molecular weight is 370 g/mol. The van der Waals surface area contributed by atoms with Crippen LogP contribution in [0.5, 0.6) is 0 Å². The number of piperidine rings is 1. The lowest BCUT2D eigenvalue weighted by Crippen LogP contribution is -2.57. The van der Waals surface area contributed by atoms with Crippen molar-refractivity contribution in [2.75, 3.05) is 27.2 Å². The van der Waals surface area contributed by atoms with Gasteiger partial charge in [-0.1, -0.05) is 30.3 Å². The molecule has 3 aliphatic heterocycles. The van der Waals surface area contributed by atoms with Crippen LogP contribution in [0.3, 0.4) is 0 Å². The van der Waals surface area contributed by atoms with Gasteiger partial charge in [-0.3, -0.25) is 19.8 Å². The van der Waals surface area contributed by atoms with E-state index in [9.17, 15) is 14.4 Å². The molecule has 3 saturated heterocycles. The Kier molecular flexibility index (Phi) is 4.42. The lowest BCUT2D eigenvalue weighted by molar-refractivity contribution is -0.141. The quantitative estimate of drug-likeness (QED) is 0.798. The molecule has 2 atom stereocenters. The van der Waals surface area contributed by atoms with Crippen LogP contribution in [0.4, 0.5) is 4.79 Å². The fraction of sp³-hybridized carbons (Fsp3) is 0.550. The first-order chi connectivity index (χ1) is 12.9. The van der Waals surface area contributed by atoms with Crippen LogP contribution in [0.1, 0.15) is 37.3 Å². The minimum absolute atomic E-state index is 0.107. The van der Waals surface area contributed by atoms with E-state index >= 15 is 0 Å². The molecule has 0 unspecified atom stereocenters. The number of imide groups is 1. The first-order valence-electron chi connectivity index (χ1n) is 9.60. The van der Waals surface area contributed by atoms with E-state index in [0.29, 0.717) is 25.9 Å². The summed E-state index contributed by atoms with van der Waals surface area (Å²) in [7, 11) is 3.21. The van der Waals surface area contributed by atoms with E-state index in [1.165, 1.54) is 17.5 Å². The molecule has 0 radical (unpaired) electrons. The van der Waals surface area contributed by atoms with E-state index in [2.05, 4.69) is 17.4 Å². The molecule has 3 aliphatic rings. The first-order valence-corrected chi connectivity index (χ1v) is 9.60. The van der Waals surface area contributed by atoms with Crippen LogP contribution in [0.15, 0.2) is 30.3 Å². The van der Waals surface area contributed by atoms with Gasteiger partial charge in [0.05, 0.1) is 6.04 Å². The van der Waals surface area contributed by atoms with Gasteiger partial charge in [-0.05, 0) is 31.2 Å². The summed E-state index contributed by atoms with van der Waals surface area (Å²) in [4.78, 5) is 42.3. The molecular weight excluding hydrogens is 344 g/mol. The van der Waals surface area contributed by atoms with Crippen LogP contribution in [0.25, 0.3) is 0 Å². The highest BCUT2D eigenvalue weighted by Crippen LogP contribution is 2.36. The standard InChI is InChI=1S/C20H26N4O3/c1-22-18(26)20(23(2)19(22)27)10-12-24(13-11-20)17(25)16-9-8-15(21-16)14-6-4-3-5-7-14/h3-7,15-16,21H,8-13H2,1-2H3/t15-,16-/m1/s1. The number of benzene rings is 1. The number of nitrogens with zero attached hydrogens (tertiary/aromatic N) is 3. The van der Waals surface area contributed by atoms with Crippen LogP contribution in [-0.2, 0) is 9.59 Å². The van der Waals surface area contributed by atoms with Crippen molar-refractivity contribution in [3.8, 4) is 0 Å². The van der Waals surface area contributed by atoms with Crippen molar-refractivity contribution in [2.24, 2.45) is 0 Å². The molecular formula is C20H26N4O3. The predicted molar refractivity (Wildman–Crippen MR) is 99.8 cm³/mol. The molecule has 27 heavy (non-hydrogen) atoms. The van der Waals surface area contributed by atoms with Gasteiger partial charge in [0.2, 0.25) is 5.91 Å². The number of likely N-dealkylation sites (tertiary alicyclic amines) is 1. The summed E-state index contributed by atoms with van der Waals surface area (Å²) >= 11 is 0. The number of hydrogen-bond acceptors (Lipinski definition) is 4.